The Morgan fingerprint density at radius 1 is 1.19 bits per heavy atom. The number of aromatic nitrogens is 2. The van der Waals surface area contributed by atoms with Crippen molar-refractivity contribution in [2.45, 2.75) is 26.5 Å². The van der Waals surface area contributed by atoms with Gasteiger partial charge in [0, 0.05) is 23.9 Å². The van der Waals surface area contributed by atoms with E-state index in [0.717, 1.165) is 21.5 Å². The molecule has 0 bridgehead atoms. The van der Waals surface area contributed by atoms with Gasteiger partial charge in [0.25, 0.3) is 5.91 Å². The van der Waals surface area contributed by atoms with E-state index in [0.29, 0.717) is 12.1 Å². The molecule has 0 aliphatic carbocycles. The Morgan fingerprint density at radius 2 is 1.92 bits per heavy atom. The quantitative estimate of drug-likeness (QED) is 0.653. The van der Waals surface area contributed by atoms with E-state index >= 15 is 0 Å². The van der Waals surface area contributed by atoms with E-state index in [1.165, 1.54) is 0 Å². The lowest BCUT2D eigenvalue weighted by molar-refractivity contribution is 0.0950. The third-order valence-corrected chi connectivity index (χ3v) is 4.13. The van der Waals surface area contributed by atoms with Crippen molar-refractivity contribution < 1.29 is 9.53 Å². The third kappa shape index (κ3) is 4.52. The van der Waals surface area contributed by atoms with Crippen LogP contribution in [0.4, 0.5) is 0 Å². The highest BCUT2D eigenvalue weighted by Gasteiger charge is 2.09. The molecular weight excluding hydrogens is 394 g/mol. The predicted molar refractivity (Wildman–Crippen MR) is 105 cm³/mol. The molecule has 0 aliphatic rings. The molecule has 0 saturated carbocycles. The number of carbonyl (C=O) groups excluding carboxylic acids is 1. The number of hydrogen-bond acceptors (Lipinski definition) is 3. The molecule has 1 aromatic heterocycles. The van der Waals surface area contributed by atoms with Gasteiger partial charge < -0.3 is 10.1 Å². The first-order valence-electron chi connectivity index (χ1n) is 8.36. The van der Waals surface area contributed by atoms with Crippen LogP contribution < -0.4 is 10.1 Å². The molecular formula is C20H20BrN3O2. The van der Waals surface area contributed by atoms with Crippen LogP contribution in [-0.2, 0) is 6.54 Å². The summed E-state index contributed by atoms with van der Waals surface area (Å²) in [5.41, 5.74) is 2.44. The first-order valence-corrected chi connectivity index (χ1v) is 9.15. The van der Waals surface area contributed by atoms with Gasteiger partial charge in [0.1, 0.15) is 5.75 Å². The van der Waals surface area contributed by atoms with Crippen LogP contribution in [0.5, 0.6) is 5.75 Å². The van der Waals surface area contributed by atoms with Crippen molar-refractivity contribution in [3.63, 3.8) is 0 Å². The molecule has 0 fully saturated rings. The highest BCUT2D eigenvalue weighted by atomic mass is 79.9. The molecule has 1 heterocycles. The lowest BCUT2D eigenvalue weighted by atomic mass is 10.1. The Morgan fingerprint density at radius 3 is 2.58 bits per heavy atom. The Balaban J connectivity index is 1.65. The average Bonchev–Trinajstić information content (AvgIpc) is 3.07. The average molecular weight is 414 g/mol. The number of rotatable bonds is 6. The van der Waals surface area contributed by atoms with Gasteiger partial charge in [0.05, 0.1) is 22.5 Å². The molecule has 0 radical (unpaired) electrons. The summed E-state index contributed by atoms with van der Waals surface area (Å²) in [5, 5.41) is 7.17. The molecule has 0 aliphatic heterocycles. The van der Waals surface area contributed by atoms with Crippen LogP contribution >= 0.6 is 15.9 Å². The number of nitrogens with one attached hydrogen (secondary N) is 1. The van der Waals surface area contributed by atoms with Crippen LogP contribution in [0.25, 0.3) is 5.69 Å². The molecule has 1 N–H and O–H groups in total. The Hall–Kier alpha value is -2.60. The minimum atomic E-state index is -0.127. The Labute approximate surface area is 161 Å². The number of amides is 1. The second kappa shape index (κ2) is 8.19. The zero-order chi connectivity index (χ0) is 18.5. The minimum absolute atomic E-state index is 0.0849. The molecule has 0 unspecified atom stereocenters. The highest BCUT2D eigenvalue weighted by molar-refractivity contribution is 9.10. The molecule has 134 valence electrons. The van der Waals surface area contributed by atoms with Gasteiger partial charge in [-0.2, -0.15) is 5.10 Å². The van der Waals surface area contributed by atoms with Gasteiger partial charge in [-0.15, -0.1) is 0 Å². The number of nitrogens with zero attached hydrogens (tertiary/aromatic N) is 2. The molecule has 26 heavy (non-hydrogen) atoms. The minimum Gasteiger partial charge on any atom is -0.491 e. The predicted octanol–water partition coefficient (Wildman–Crippen LogP) is 4.35. The lowest BCUT2D eigenvalue weighted by Gasteiger charge is -2.14. The fraction of sp³-hybridized carbons (Fsp3) is 0.200. The summed E-state index contributed by atoms with van der Waals surface area (Å²) in [7, 11) is 0. The maximum atomic E-state index is 12.4. The smallest absolute Gasteiger partial charge is 0.251 e. The van der Waals surface area contributed by atoms with Crippen molar-refractivity contribution in [2.75, 3.05) is 0 Å². The van der Waals surface area contributed by atoms with Gasteiger partial charge in [0.15, 0.2) is 0 Å². The molecule has 0 atom stereocenters. The molecule has 6 heteroatoms. The van der Waals surface area contributed by atoms with Gasteiger partial charge in [-0.25, -0.2) is 4.68 Å². The maximum Gasteiger partial charge on any atom is 0.251 e. The van der Waals surface area contributed by atoms with Crippen LogP contribution in [0.15, 0.2) is 65.4 Å². The van der Waals surface area contributed by atoms with Gasteiger partial charge in [-0.3, -0.25) is 4.79 Å². The number of hydrogen-bond donors (Lipinski definition) is 1. The summed E-state index contributed by atoms with van der Waals surface area (Å²) in [6.45, 7) is 4.37. The monoisotopic (exact) mass is 413 g/mol. The second-order valence-electron chi connectivity index (χ2n) is 6.11. The zero-order valence-electron chi connectivity index (χ0n) is 14.6. The maximum absolute atomic E-state index is 12.4. The van der Waals surface area contributed by atoms with E-state index in [1.807, 2.05) is 56.4 Å². The fourth-order valence-electron chi connectivity index (χ4n) is 2.50. The number of halogens is 1. The van der Waals surface area contributed by atoms with Crippen molar-refractivity contribution in [2.24, 2.45) is 0 Å². The van der Waals surface area contributed by atoms with E-state index < -0.39 is 0 Å². The highest BCUT2D eigenvalue weighted by Crippen LogP contribution is 2.19. The van der Waals surface area contributed by atoms with Crippen LogP contribution in [0.3, 0.4) is 0 Å². The van der Waals surface area contributed by atoms with Crippen molar-refractivity contribution in [1.29, 1.82) is 0 Å². The van der Waals surface area contributed by atoms with E-state index in [9.17, 15) is 4.79 Å². The number of carbonyl (C=O) groups is 1. The van der Waals surface area contributed by atoms with Crippen molar-refractivity contribution >= 4 is 21.8 Å². The summed E-state index contributed by atoms with van der Waals surface area (Å²) in [6, 6.07) is 15.0. The largest absolute Gasteiger partial charge is 0.491 e. The normalized spacial score (nSPS) is 10.8. The van der Waals surface area contributed by atoms with Crippen LogP contribution in [-0.4, -0.2) is 21.8 Å². The molecule has 5 nitrogen and oxygen atoms in total. The number of para-hydroxylation sites is 1. The van der Waals surface area contributed by atoms with Gasteiger partial charge in [0.2, 0.25) is 0 Å². The Kier molecular flexibility index (Phi) is 5.73. The molecule has 3 rings (SSSR count). The van der Waals surface area contributed by atoms with Crippen molar-refractivity contribution in [3.05, 3.63) is 76.5 Å². The summed E-state index contributed by atoms with van der Waals surface area (Å²) in [5.74, 6) is 0.667. The second-order valence-corrected chi connectivity index (χ2v) is 7.02. The molecule has 0 spiro atoms. The first kappa shape index (κ1) is 18.2. The van der Waals surface area contributed by atoms with Crippen molar-refractivity contribution in [1.82, 2.24) is 15.1 Å². The SMILES string of the molecule is CC(C)Oc1ccccc1CNC(=O)c1ccc(-n2cc(Br)cn2)cc1. The van der Waals surface area contributed by atoms with Crippen molar-refractivity contribution in [3.8, 4) is 11.4 Å². The zero-order valence-corrected chi connectivity index (χ0v) is 16.2. The Bertz CT molecular complexity index is 888. The first-order chi connectivity index (χ1) is 12.5. The van der Waals surface area contributed by atoms with Gasteiger partial charge in [-0.1, -0.05) is 18.2 Å². The molecule has 2 aromatic carbocycles. The molecule has 1 amide bonds. The lowest BCUT2D eigenvalue weighted by Crippen LogP contribution is -2.23. The van der Waals surface area contributed by atoms with E-state index in [2.05, 4.69) is 26.3 Å². The summed E-state index contributed by atoms with van der Waals surface area (Å²) >= 11 is 3.37. The van der Waals surface area contributed by atoms with E-state index in [1.54, 1.807) is 23.0 Å². The molecule has 0 saturated heterocycles. The standard InChI is InChI=1S/C20H20BrN3O2/c1-14(2)26-19-6-4-3-5-16(19)11-22-20(25)15-7-9-18(10-8-15)24-13-17(21)12-23-24/h3-10,12-14H,11H2,1-2H3,(H,22,25). The van der Waals surface area contributed by atoms with Gasteiger partial charge in [-0.05, 0) is 60.1 Å². The van der Waals surface area contributed by atoms with Crippen LogP contribution in [0, 0.1) is 0 Å². The third-order valence-electron chi connectivity index (χ3n) is 3.72. The number of ether oxygens (including phenoxy) is 1. The van der Waals surface area contributed by atoms with Crippen LogP contribution in [0.2, 0.25) is 0 Å². The van der Waals surface area contributed by atoms with Gasteiger partial charge >= 0.3 is 0 Å². The topological polar surface area (TPSA) is 56.1 Å². The summed E-state index contributed by atoms with van der Waals surface area (Å²) in [6.07, 6.45) is 3.67. The molecule has 3 aromatic rings. The summed E-state index contributed by atoms with van der Waals surface area (Å²) in [4.78, 5) is 12.4. The van der Waals surface area contributed by atoms with Crippen LogP contribution in [0.1, 0.15) is 29.8 Å². The van der Waals surface area contributed by atoms with E-state index in [4.69, 9.17) is 4.74 Å². The fourth-order valence-corrected chi connectivity index (χ4v) is 2.79. The summed E-state index contributed by atoms with van der Waals surface area (Å²) < 4.78 is 8.43. The van der Waals surface area contributed by atoms with E-state index in [-0.39, 0.29) is 12.0 Å². The number of benzene rings is 2.